The van der Waals surface area contributed by atoms with Crippen LogP contribution in [0.15, 0.2) is 54.6 Å². The first-order valence-corrected chi connectivity index (χ1v) is 13.1. The highest BCUT2D eigenvalue weighted by molar-refractivity contribution is 7.89. The summed E-state index contributed by atoms with van der Waals surface area (Å²) >= 11 is 0. The Labute approximate surface area is 197 Å². The molecule has 3 rings (SSSR count). The van der Waals surface area contributed by atoms with Crippen LogP contribution in [0.3, 0.4) is 0 Å². The van der Waals surface area contributed by atoms with Crippen molar-refractivity contribution in [2.45, 2.75) is 38.6 Å². The van der Waals surface area contributed by atoms with Gasteiger partial charge in [0.25, 0.3) is 0 Å². The van der Waals surface area contributed by atoms with E-state index in [0.717, 1.165) is 36.4 Å². The normalized spacial score (nSPS) is 15.5. The van der Waals surface area contributed by atoms with Crippen molar-refractivity contribution in [3.05, 3.63) is 54.6 Å². The molecule has 1 saturated heterocycles. The van der Waals surface area contributed by atoms with Crippen molar-refractivity contribution in [2.24, 2.45) is 0 Å². The van der Waals surface area contributed by atoms with Crippen molar-refractivity contribution in [2.75, 3.05) is 36.8 Å². The fourth-order valence-corrected chi connectivity index (χ4v) is 5.17. The lowest BCUT2D eigenvalue weighted by molar-refractivity contribution is 0.153. The van der Waals surface area contributed by atoms with Gasteiger partial charge in [0.05, 0.1) is 5.75 Å². The SMILES string of the molecule is CCCCCC#CC(CS(=O)(=O)N1CCN(c2ccc(Oc3ccccc3)cc2)CC1)NO. The number of nitrogens with zero attached hydrogens (tertiary/aromatic N) is 2. The number of hydrogen-bond acceptors (Lipinski definition) is 6. The maximum absolute atomic E-state index is 12.8. The Bertz CT molecular complexity index is 1010. The summed E-state index contributed by atoms with van der Waals surface area (Å²) in [5.41, 5.74) is 3.07. The van der Waals surface area contributed by atoms with Crippen LogP contribution in [0.4, 0.5) is 5.69 Å². The van der Waals surface area contributed by atoms with Gasteiger partial charge in [0.2, 0.25) is 10.0 Å². The van der Waals surface area contributed by atoms with Crippen LogP contribution in [0.1, 0.15) is 32.6 Å². The van der Waals surface area contributed by atoms with Crippen LogP contribution >= 0.6 is 0 Å². The van der Waals surface area contributed by atoms with E-state index in [2.05, 4.69) is 23.7 Å². The Morgan fingerprint density at radius 3 is 2.30 bits per heavy atom. The summed E-state index contributed by atoms with van der Waals surface area (Å²) < 4.78 is 33.0. The second-order valence-corrected chi connectivity index (χ2v) is 10.0. The summed E-state index contributed by atoms with van der Waals surface area (Å²) in [5.74, 6) is 7.11. The first-order chi connectivity index (χ1) is 16.0. The van der Waals surface area contributed by atoms with Crippen LogP contribution < -0.4 is 15.1 Å². The van der Waals surface area contributed by atoms with Crippen LogP contribution in [0.25, 0.3) is 0 Å². The molecule has 0 radical (unpaired) electrons. The molecule has 2 N–H and O–H groups in total. The zero-order valence-corrected chi connectivity index (χ0v) is 19.9. The molecule has 2 aromatic carbocycles. The number of benzene rings is 2. The molecule has 8 heteroatoms. The highest BCUT2D eigenvalue weighted by Gasteiger charge is 2.29. The van der Waals surface area contributed by atoms with Gasteiger partial charge >= 0.3 is 0 Å². The third-order valence-electron chi connectivity index (χ3n) is 5.53. The summed E-state index contributed by atoms with van der Waals surface area (Å²) in [7, 11) is -3.53. The van der Waals surface area contributed by atoms with Crippen LogP contribution in [-0.2, 0) is 10.0 Å². The minimum atomic E-state index is -3.53. The van der Waals surface area contributed by atoms with Gasteiger partial charge < -0.3 is 14.8 Å². The molecule has 1 fully saturated rings. The molecule has 1 heterocycles. The van der Waals surface area contributed by atoms with Crippen LogP contribution in [0.5, 0.6) is 11.5 Å². The fraction of sp³-hybridized carbons (Fsp3) is 0.440. The van der Waals surface area contributed by atoms with Gasteiger partial charge in [-0.15, -0.1) is 5.92 Å². The van der Waals surface area contributed by atoms with Crippen LogP contribution in [-0.4, -0.2) is 55.9 Å². The number of rotatable bonds is 10. The minimum Gasteiger partial charge on any atom is -0.457 e. The molecule has 0 amide bonds. The Morgan fingerprint density at radius 2 is 1.67 bits per heavy atom. The van der Waals surface area contributed by atoms with Gasteiger partial charge in [-0.05, 0) is 42.8 Å². The lowest BCUT2D eigenvalue weighted by atomic mass is 10.2. The molecule has 2 aromatic rings. The van der Waals surface area contributed by atoms with Crippen LogP contribution in [0, 0.1) is 11.8 Å². The van der Waals surface area contributed by atoms with Gasteiger partial charge in [-0.3, -0.25) is 0 Å². The van der Waals surface area contributed by atoms with E-state index in [-0.39, 0.29) is 5.75 Å². The number of ether oxygens (including phenoxy) is 1. The van der Waals surface area contributed by atoms with Gasteiger partial charge in [0.15, 0.2) is 0 Å². The molecule has 33 heavy (non-hydrogen) atoms. The Hall–Kier alpha value is -2.57. The number of unbranched alkanes of at least 4 members (excludes halogenated alkanes) is 3. The van der Waals surface area contributed by atoms with E-state index in [0.29, 0.717) is 32.6 Å². The number of nitrogens with one attached hydrogen (secondary N) is 1. The lowest BCUT2D eigenvalue weighted by Crippen LogP contribution is -2.51. The molecule has 178 valence electrons. The number of sulfonamides is 1. The average molecular weight is 472 g/mol. The molecular weight excluding hydrogens is 438 g/mol. The zero-order valence-electron chi connectivity index (χ0n) is 19.1. The highest BCUT2D eigenvalue weighted by atomic mass is 32.2. The molecule has 0 saturated carbocycles. The monoisotopic (exact) mass is 471 g/mol. The molecule has 0 aliphatic carbocycles. The van der Waals surface area contributed by atoms with E-state index < -0.39 is 16.1 Å². The first kappa shape index (κ1) is 25.1. The van der Waals surface area contributed by atoms with Gasteiger partial charge in [-0.25, -0.2) is 8.42 Å². The molecule has 0 aromatic heterocycles. The van der Waals surface area contributed by atoms with Crippen molar-refractivity contribution in [3.8, 4) is 23.3 Å². The van der Waals surface area contributed by atoms with E-state index >= 15 is 0 Å². The summed E-state index contributed by atoms with van der Waals surface area (Å²) in [5, 5.41) is 9.34. The maximum atomic E-state index is 12.8. The average Bonchev–Trinajstić information content (AvgIpc) is 2.84. The highest BCUT2D eigenvalue weighted by Crippen LogP contribution is 2.25. The third kappa shape index (κ3) is 7.76. The minimum absolute atomic E-state index is 0.240. The molecular formula is C25H33N3O4S. The van der Waals surface area contributed by atoms with E-state index in [4.69, 9.17) is 4.74 Å². The van der Waals surface area contributed by atoms with E-state index in [1.165, 1.54) is 4.31 Å². The summed E-state index contributed by atoms with van der Waals surface area (Å²) in [6, 6.07) is 16.6. The molecule has 7 nitrogen and oxygen atoms in total. The largest absolute Gasteiger partial charge is 0.457 e. The number of para-hydroxylation sites is 1. The van der Waals surface area contributed by atoms with Gasteiger partial charge in [-0.1, -0.05) is 43.9 Å². The molecule has 1 atom stereocenters. The quantitative estimate of drug-likeness (QED) is 0.311. The standard InChI is InChI=1S/C25H33N3O4S/c1-2-3-4-5-7-10-22(26-29)21-33(30,31)28-19-17-27(18-20-28)23-13-15-25(16-14-23)32-24-11-8-6-9-12-24/h6,8-9,11-16,22,26,29H,2-5,17-21H2,1H3. The van der Waals surface area contributed by atoms with Crippen molar-refractivity contribution >= 4 is 15.7 Å². The molecule has 1 aliphatic rings. The smallest absolute Gasteiger partial charge is 0.216 e. The molecule has 0 spiro atoms. The first-order valence-electron chi connectivity index (χ1n) is 11.5. The van der Waals surface area contributed by atoms with Crippen molar-refractivity contribution in [1.29, 1.82) is 0 Å². The fourth-order valence-electron chi connectivity index (χ4n) is 3.66. The lowest BCUT2D eigenvalue weighted by Gasteiger charge is -2.35. The van der Waals surface area contributed by atoms with Crippen molar-refractivity contribution < 1.29 is 18.4 Å². The van der Waals surface area contributed by atoms with Crippen molar-refractivity contribution in [3.63, 3.8) is 0 Å². The Kier molecular flexibility index (Phi) is 9.58. The maximum Gasteiger partial charge on any atom is 0.216 e. The number of hydrogen-bond donors (Lipinski definition) is 2. The Balaban J connectivity index is 1.50. The number of hydroxylamine groups is 1. The molecule has 1 unspecified atom stereocenters. The number of anilines is 1. The predicted octanol–water partition coefficient (Wildman–Crippen LogP) is 3.86. The van der Waals surface area contributed by atoms with Gasteiger partial charge in [0, 0.05) is 38.3 Å². The summed E-state index contributed by atoms with van der Waals surface area (Å²) in [6.07, 6.45) is 3.89. The summed E-state index contributed by atoms with van der Waals surface area (Å²) in [6.45, 7) is 4.10. The summed E-state index contributed by atoms with van der Waals surface area (Å²) in [4.78, 5) is 2.16. The molecule has 0 bridgehead atoms. The van der Waals surface area contributed by atoms with E-state index in [1.54, 1.807) is 0 Å². The third-order valence-corrected chi connectivity index (χ3v) is 7.43. The number of piperazine rings is 1. The van der Waals surface area contributed by atoms with E-state index in [1.807, 2.05) is 60.1 Å². The van der Waals surface area contributed by atoms with Gasteiger partial charge in [-0.2, -0.15) is 9.79 Å². The van der Waals surface area contributed by atoms with Crippen molar-refractivity contribution in [1.82, 2.24) is 9.79 Å². The predicted molar refractivity (Wildman–Crippen MR) is 131 cm³/mol. The van der Waals surface area contributed by atoms with Gasteiger partial charge in [0.1, 0.15) is 17.5 Å². The van der Waals surface area contributed by atoms with Crippen LogP contribution in [0.2, 0.25) is 0 Å². The topological polar surface area (TPSA) is 82.1 Å². The van der Waals surface area contributed by atoms with E-state index in [9.17, 15) is 13.6 Å². The second kappa shape index (κ2) is 12.6. The Morgan fingerprint density at radius 1 is 1.00 bits per heavy atom. The second-order valence-electron chi connectivity index (χ2n) is 8.03. The zero-order chi connectivity index (χ0) is 23.5. The molecule has 1 aliphatic heterocycles.